The summed E-state index contributed by atoms with van der Waals surface area (Å²) in [6.45, 7) is 3.22. The van der Waals surface area contributed by atoms with E-state index in [9.17, 15) is 14.4 Å². The topological polar surface area (TPSA) is 133 Å². The first-order valence-corrected chi connectivity index (χ1v) is 4.88. The number of hydrogen-bond acceptors (Lipinski definition) is 4. The SMILES string of the molecule is CC(C)N(CC(N)=O)C(=O)C(N)CC(N)=O. The van der Waals surface area contributed by atoms with Gasteiger partial charge in [-0.2, -0.15) is 0 Å². The Labute approximate surface area is 93.9 Å². The van der Waals surface area contributed by atoms with Crippen molar-refractivity contribution in [2.75, 3.05) is 6.54 Å². The van der Waals surface area contributed by atoms with E-state index >= 15 is 0 Å². The standard InChI is InChI=1S/C9H18N4O3/c1-5(2)13(4-8(12)15)9(16)6(10)3-7(11)14/h5-6H,3-4,10H2,1-2H3,(H2,11,14)(H2,12,15). The Morgan fingerprint density at radius 3 is 1.94 bits per heavy atom. The number of hydrogen-bond donors (Lipinski definition) is 3. The molecule has 0 aliphatic heterocycles. The van der Waals surface area contributed by atoms with Crippen molar-refractivity contribution >= 4 is 17.7 Å². The van der Waals surface area contributed by atoms with Crippen LogP contribution in [0.3, 0.4) is 0 Å². The largest absolute Gasteiger partial charge is 0.370 e. The van der Waals surface area contributed by atoms with Gasteiger partial charge in [-0.3, -0.25) is 14.4 Å². The van der Waals surface area contributed by atoms with Gasteiger partial charge in [-0.15, -0.1) is 0 Å². The van der Waals surface area contributed by atoms with E-state index < -0.39 is 23.8 Å². The molecule has 0 heterocycles. The fraction of sp³-hybridized carbons (Fsp3) is 0.667. The molecule has 16 heavy (non-hydrogen) atoms. The molecule has 0 bridgehead atoms. The second kappa shape index (κ2) is 6.06. The molecular weight excluding hydrogens is 212 g/mol. The maximum Gasteiger partial charge on any atom is 0.240 e. The van der Waals surface area contributed by atoms with Gasteiger partial charge in [0.15, 0.2) is 0 Å². The summed E-state index contributed by atoms with van der Waals surface area (Å²) in [5, 5.41) is 0. The molecule has 0 spiro atoms. The molecule has 0 aliphatic rings. The Hall–Kier alpha value is -1.63. The van der Waals surface area contributed by atoms with Crippen LogP contribution in [0.1, 0.15) is 20.3 Å². The fourth-order valence-electron chi connectivity index (χ4n) is 1.20. The Kier molecular flexibility index (Phi) is 5.44. The Morgan fingerprint density at radius 1 is 1.12 bits per heavy atom. The molecule has 0 aliphatic carbocycles. The third-order valence-corrected chi connectivity index (χ3v) is 1.97. The Morgan fingerprint density at radius 2 is 1.62 bits per heavy atom. The summed E-state index contributed by atoms with van der Waals surface area (Å²) in [6, 6.07) is -1.25. The Balaban J connectivity index is 4.60. The molecule has 0 fully saturated rings. The normalized spacial score (nSPS) is 12.2. The van der Waals surface area contributed by atoms with Crippen LogP contribution in [0.25, 0.3) is 0 Å². The maximum absolute atomic E-state index is 11.7. The summed E-state index contributed by atoms with van der Waals surface area (Å²) in [4.78, 5) is 34.3. The lowest BCUT2D eigenvalue weighted by Crippen LogP contribution is -2.51. The Bertz CT molecular complexity index is 290. The third-order valence-electron chi connectivity index (χ3n) is 1.97. The molecule has 0 saturated carbocycles. The summed E-state index contributed by atoms with van der Waals surface area (Å²) in [5.41, 5.74) is 15.4. The minimum atomic E-state index is -1.03. The average Bonchev–Trinajstić information content (AvgIpc) is 2.11. The molecule has 0 saturated heterocycles. The van der Waals surface area contributed by atoms with Crippen LogP contribution in [0.5, 0.6) is 0 Å². The summed E-state index contributed by atoms with van der Waals surface area (Å²) in [5.74, 6) is -1.80. The summed E-state index contributed by atoms with van der Waals surface area (Å²) < 4.78 is 0. The van der Waals surface area contributed by atoms with Gasteiger partial charge in [0, 0.05) is 6.04 Å². The molecule has 7 nitrogen and oxygen atoms in total. The predicted octanol–water partition coefficient (Wildman–Crippen LogP) is -2.09. The van der Waals surface area contributed by atoms with Crippen LogP contribution < -0.4 is 17.2 Å². The number of rotatable bonds is 6. The fourth-order valence-corrected chi connectivity index (χ4v) is 1.20. The predicted molar refractivity (Wildman–Crippen MR) is 57.8 cm³/mol. The first-order valence-electron chi connectivity index (χ1n) is 4.88. The zero-order chi connectivity index (χ0) is 12.9. The number of nitrogens with two attached hydrogens (primary N) is 3. The molecule has 1 atom stereocenters. The average molecular weight is 230 g/mol. The van der Waals surface area contributed by atoms with Gasteiger partial charge in [0.05, 0.1) is 19.0 Å². The number of primary amides is 2. The van der Waals surface area contributed by atoms with E-state index in [-0.39, 0.29) is 19.0 Å². The second-order valence-corrected chi connectivity index (χ2v) is 3.80. The van der Waals surface area contributed by atoms with Crippen LogP contribution in [0, 0.1) is 0 Å². The van der Waals surface area contributed by atoms with E-state index in [1.807, 2.05) is 0 Å². The molecule has 1 unspecified atom stereocenters. The van der Waals surface area contributed by atoms with Gasteiger partial charge >= 0.3 is 0 Å². The lowest BCUT2D eigenvalue weighted by Gasteiger charge is -2.27. The van der Waals surface area contributed by atoms with Gasteiger partial charge in [-0.05, 0) is 13.8 Å². The lowest BCUT2D eigenvalue weighted by atomic mass is 10.1. The van der Waals surface area contributed by atoms with Crippen LogP contribution in [-0.4, -0.2) is 41.2 Å². The van der Waals surface area contributed by atoms with E-state index in [4.69, 9.17) is 17.2 Å². The first kappa shape index (κ1) is 14.4. The van der Waals surface area contributed by atoms with Crippen molar-refractivity contribution in [3.8, 4) is 0 Å². The van der Waals surface area contributed by atoms with Crippen molar-refractivity contribution in [3.05, 3.63) is 0 Å². The van der Waals surface area contributed by atoms with Crippen molar-refractivity contribution in [1.82, 2.24) is 4.90 Å². The zero-order valence-corrected chi connectivity index (χ0v) is 9.47. The number of carbonyl (C=O) groups excluding carboxylic acids is 3. The molecule has 0 aromatic heterocycles. The van der Waals surface area contributed by atoms with Crippen LogP contribution in [0.2, 0.25) is 0 Å². The van der Waals surface area contributed by atoms with E-state index in [1.54, 1.807) is 13.8 Å². The molecule has 0 rings (SSSR count). The monoisotopic (exact) mass is 230 g/mol. The van der Waals surface area contributed by atoms with Gasteiger partial charge < -0.3 is 22.1 Å². The maximum atomic E-state index is 11.7. The van der Waals surface area contributed by atoms with Crippen molar-refractivity contribution in [3.63, 3.8) is 0 Å². The zero-order valence-electron chi connectivity index (χ0n) is 9.47. The van der Waals surface area contributed by atoms with Crippen LogP contribution in [-0.2, 0) is 14.4 Å². The van der Waals surface area contributed by atoms with Gasteiger partial charge in [0.1, 0.15) is 0 Å². The first-order chi connectivity index (χ1) is 7.25. The summed E-state index contributed by atoms with van der Waals surface area (Å²) >= 11 is 0. The highest BCUT2D eigenvalue weighted by molar-refractivity contribution is 5.90. The molecule has 0 aromatic rings. The van der Waals surface area contributed by atoms with Crippen LogP contribution in [0.15, 0.2) is 0 Å². The van der Waals surface area contributed by atoms with E-state index in [2.05, 4.69) is 0 Å². The highest BCUT2D eigenvalue weighted by Crippen LogP contribution is 2.02. The van der Waals surface area contributed by atoms with Crippen LogP contribution in [0.4, 0.5) is 0 Å². The van der Waals surface area contributed by atoms with E-state index in [0.29, 0.717) is 0 Å². The van der Waals surface area contributed by atoms with Crippen LogP contribution >= 0.6 is 0 Å². The summed E-state index contributed by atoms with van der Waals surface area (Å²) in [6.07, 6.45) is -0.249. The molecular formula is C9H18N4O3. The second-order valence-electron chi connectivity index (χ2n) is 3.80. The molecule has 0 aromatic carbocycles. The van der Waals surface area contributed by atoms with Crippen molar-refractivity contribution in [2.45, 2.75) is 32.4 Å². The minimum Gasteiger partial charge on any atom is -0.370 e. The van der Waals surface area contributed by atoms with Gasteiger partial charge in [-0.25, -0.2) is 0 Å². The van der Waals surface area contributed by atoms with E-state index in [1.165, 1.54) is 4.90 Å². The van der Waals surface area contributed by atoms with Crippen molar-refractivity contribution in [1.29, 1.82) is 0 Å². The molecule has 7 heteroatoms. The summed E-state index contributed by atoms with van der Waals surface area (Å²) in [7, 11) is 0. The van der Waals surface area contributed by atoms with Crippen molar-refractivity contribution < 1.29 is 14.4 Å². The van der Waals surface area contributed by atoms with E-state index in [0.717, 1.165) is 0 Å². The lowest BCUT2D eigenvalue weighted by molar-refractivity contribution is -0.139. The van der Waals surface area contributed by atoms with Gasteiger partial charge in [0.25, 0.3) is 0 Å². The molecule has 6 N–H and O–H groups in total. The minimum absolute atomic E-state index is 0.219. The molecule has 0 radical (unpaired) electrons. The third kappa shape index (κ3) is 4.74. The van der Waals surface area contributed by atoms with Crippen molar-refractivity contribution in [2.24, 2.45) is 17.2 Å². The quantitative estimate of drug-likeness (QED) is 0.482. The van der Waals surface area contributed by atoms with Gasteiger partial charge in [-0.1, -0.05) is 0 Å². The number of amides is 3. The van der Waals surface area contributed by atoms with Gasteiger partial charge in [0.2, 0.25) is 17.7 Å². The highest BCUT2D eigenvalue weighted by Gasteiger charge is 2.25. The molecule has 92 valence electrons. The highest BCUT2D eigenvalue weighted by atomic mass is 16.2. The number of nitrogens with zero attached hydrogens (tertiary/aromatic N) is 1. The number of carbonyl (C=O) groups is 3. The smallest absolute Gasteiger partial charge is 0.240 e. The molecule has 3 amide bonds.